The van der Waals surface area contributed by atoms with Crippen molar-refractivity contribution in [1.29, 1.82) is 0 Å². The first kappa shape index (κ1) is 17.9. The summed E-state index contributed by atoms with van der Waals surface area (Å²) >= 11 is 0. The van der Waals surface area contributed by atoms with Gasteiger partial charge in [0, 0.05) is 12.3 Å². The molecular formula is C14H31NO2S. The van der Waals surface area contributed by atoms with Gasteiger partial charge in [-0.05, 0) is 33.2 Å². The van der Waals surface area contributed by atoms with Gasteiger partial charge in [-0.1, -0.05) is 39.5 Å². The lowest BCUT2D eigenvalue weighted by molar-refractivity contribution is 0.375. The lowest BCUT2D eigenvalue weighted by Gasteiger charge is -2.33. The summed E-state index contributed by atoms with van der Waals surface area (Å²) in [6.45, 7) is 8.87. The number of hydrogen-bond donors (Lipinski definition) is 1. The molecule has 110 valence electrons. The van der Waals surface area contributed by atoms with Gasteiger partial charge >= 0.3 is 0 Å². The fourth-order valence-corrected chi connectivity index (χ4v) is 2.77. The molecule has 0 aliphatic heterocycles. The van der Waals surface area contributed by atoms with E-state index in [2.05, 4.69) is 19.2 Å². The monoisotopic (exact) mass is 277 g/mol. The van der Waals surface area contributed by atoms with E-state index < -0.39 is 14.6 Å². The van der Waals surface area contributed by atoms with Gasteiger partial charge in [0.15, 0.2) is 9.84 Å². The number of sulfone groups is 1. The second-order valence-corrected chi connectivity index (χ2v) is 8.33. The van der Waals surface area contributed by atoms with Crippen LogP contribution in [0.4, 0.5) is 0 Å². The first-order valence-electron chi connectivity index (χ1n) is 7.20. The van der Waals surface area contributed by atoms with Gasteiger partial charge in [-0.15, -0.1) is 0 Å². The molecular weight excluding hydrogens is 246 g/mol. The van der Waals surface area contributed by atoms with Gasteiger partial charge in [0.1, 0.15) is 0 Å². The third kappa shape index (κ3) is 5.70. The van der Waals surface area contributed by atoms with Crippen molar-refractivity contribution in [3.8, 4) is 0 Å². The third-order valence-electron chi connectivity index (χ3n) is 3.78. The Morgan fingerprint density at radius 1 is 1.06 bits per heavy atom. The van der Waals surface area contributed by atoms with E-state index in [9.17, 15) is 8.42 Å². The SMILES string of the molecule is CCCCCCC(NCCC)C(C)(C)S(C)(=O)=O. The Hall–Kier alpha value is -0.0900. The zero-order valence-electron chi connectivity index (χ0n) is 12.8. The highest BCUT2D eigenvalue weighted by atomic mass is 32.2. The summed E-state index contributed by atoms with van der Waals surface area (Å²) < 4.78 is 23.1. The Bertz CT molecular complexity index is 310. The molecule has 18 heavy (non-hydrogen) atoms. The van der Waals surface area contributed by atoms with Crippen LogP contribution in [0.1, 0.15) is 66.2 Å². The van der Waals surface area contributed by atoms with Crippen molar-refractivity contribution in [2.45, 2.75) is 77.0 Å². The quantitative estimate of drug-likeness (QED) is 0.624. The Labute approximate surface area is 114 Å². The molecule has 0 amide bonds. The molecule has 1 N–H and O–H groups in total. The molecule has 1 unspecified atom stereocenters. The maximum absolute atomic E-state index is 11.9. The van der Waals surface area contributed by atoms with Crippen LogP contribution in [0.3, 0.4) is 0 Å². The number of unbranched alkanes of at least 4 members (excludes halogenated alkanes) is 3. The summed E-state index contributed by atoms with van der Waals surface area (Å²) in [4.78, 5) is 0. The molecule has 0 aliphatic carbocycles. The van der Waals surface area contributed by atoms with Crippen LogP contribution in [0.2, 0.25) is 0 Å². The van der Waals surface area contributed by atoms with Crippen LogP contribution in [0, 0.1) is 0 Å². The van der Waals surface area contributed by atoms with E-state index in [-0.39, 0.29) is 6.04 Å². The normalized spacial score (nSPS) is 14.7. The van der Waals surface area contributed by atoms with Crippen LogP contribution in [0.5, 0.6) is 0 Å². The highest BCUT2D eigenvalue weighted by molar-refractivity contribution is 7.92. The van der Waals surface area contributed by atoms with Gasteiger partial charge in [-0.2, -0.15) is 0 Å². The topological polar surface area (TPSA) is 46.2 Å². The van der Waals surface area contributed by atoms with Gasteiger partial charge in [0.25, 0.3) is 0 Å². The van der Waals surface area contributed by atoms with Crippen LogP contribution >= 0.6 is 0 Å². The predicted octanol–water partition coefficient (Wildman–Crippen LogP) is 3.15. The molecule has 4 heteroatoms. The maximum atomic E-state index is 11.9. The van der Waals surface area contributed by atoms with Crippen molar-refractivity contribution in [3.63, 3.8) is 0 Å². The molecule has 0 rings (SSSR count). The van der Waals surface area contributed by atoms with Crippen molar-refractivity contribution in [2.75, 3.05) is 12.8 Å². The largest absolute Gasteiger partial charge is 0.312 e. The predicted molar refractivity (Wildman–Crippen MR) is 79.8 cm³/mol. The van der Waals surface area contributed by atoms with Crippen LogP contribution in [0.25, 0.3) is 0 Å². The maximum Gasteiger partial charge on any atom is 0.154 e. The Morgan fingerprint density at radius 2 is 1.67 bits per heavy atom. The van der Waals surface area contributed by atoms with E-state index in [0.29, 0.717) is 0 Å². The minimum absolute atomic E-state index is 0.0595. The van der Waals surface area contributed by atoms with Crippen molar-refractivity contribution in [3.05, 3.63) is 0 Å². The van der Waals surface area contributed by atoms with Crippen LogP contribution in [0.15, 0.2) is 0 Å². The summed E-state index contributed by atoms with van der Waals surface area (Å²) in [6, 6.07) is 0.0595. The van der Waals surface area contributed by atoms with Gasteiger partial charge in [0.05, 0.1) is 4.75 Å². The van der Waals surface area contributed by atoms with E-state index in [1.807, 2.05) is 13.8 Å². The summed E-state index contributed by atoms with van der Waals surface area (Å²) in [7, 11) is -3.04. The molecule has 0 saturated heterocycles. The third-order valence-corrected chi connectivity index (χ3v) is 5.98. The molecule has 0 fully saturated rings. The Morgan fingerprint density at radius 3 is 2.11 bits per heavy atom. The van der Waals surface area contributed by atoms with E-state index in [1.54, 1.807) is 0 Å². The molecule has 3 nitrogen and oxygen atoms in total. The minimum atomic E-state index is -3.04. The Balaban J connectivity index is 4.56. The molecule has 0 aromatic rings. The molecule has 0 heterocycles. The second-order valence-electron chi connectivity index (χ2n) is 5.73. The molecule has 0 radical (unpaired) electrons. The van der Waals surface area contributed by atoms with Crippen LogP contribution in [-0.4, -0.2) is 32.0 Å². The van der Waals surface area contributed by atoms with Crippen LogP contribution in [-0.2, 0) is 9.84 Å². The molecule has 0 aliphatic rings. The summed E-state index contributed by atoms with van der Waals surface area (Å²) in [6.07, 6.45) is 8.07. The first-order valence-corrected chi connectivity index (χ1v) is 9.09. The van der Waals surface area contributed by atoms with Crippen molar-refractivity contribution < 1.29 is 8.42 Å². The Kier molecular flexibility index (Phi) is 8.11. The molecule has 0 saturated carbocycles. The van der Waals surface area contributed by atoms with Gasteiger partial charge in [-0.3, -0.25) is 0 Å². The standard InChI is InChI=1S/C14H31NO2S/c1-6-8-9-10-11-13(15-12-7-2)14(3,4)18(5,16)17/h13,15H,6-12H2,1-5H3. The van der Waals surface area contributed by atoms with E-state index in [4.69, 9.17) is 0 Å². The molecule has 1 atom stereocenters. The van der Waals surface area contributed by atoms with E-state index in [1.165, 1.54) is 25.5 Å². The average molecular weight is 277 g/mol. The van der Waals surface area contributed by atoms with Crippen molar-refractivity contribution in [2.24, 2.45) is 0 Å². The summed E-state index contributed by atoms with van der Waals surface area (Å²) in [5, 5.41) is 3.41. The van der Waals surface area contributed by atoms with Crippen molar-refractivity contribution >= 4 is 9.84 Å². The van der Waals surface area contributed by atoms with Crippen molar-refractivity contribution in [1.82, 2.24) is 5.32 Å². The zero-order valence-corrected chi connectivity index (χ0v) is 13.6. The molecule has 0 bridgehead atoms. The highest BCUT2D eigenvalue weighted by Gasteiger charge is 2.38. The first-order chi connectivity index (χ1) is 8.27. The van der Waals surface area contributed by atoms with E-state index >= 15 is 0 Å². The number of hydrogen-bond acceptors (Lipinski definition) is 3. The molecule has 0 aromatic heterocycles. The minimum Gasteiger partial charge on any atom is -0.312 e. The molecule has 0 spiro atoms. The van der Waals surface area contributed by atoms with E-state index in [0.717, 1.165) is 25.8 Å². The lowest BCUT2D eigenvalue weighted by Crippen LogP contribution is -2.51. The molecule has 0 aromatic carbocycles. The number of rotatable bonds is 10. The highest BCUT2D eigenvalue weighted by Crippen LogP contribution is 2.24. The zero-order chi connectivity index (χ0) is 14.2. The summed E-state index contributed by atoms with van der Waals surface area (Å²) in [5.74, 6) is 0. The smallest absolute Gasteiger partial charge is 0.154 e. The fraction of sp³-hybridized carbons (Fsp3) is 1.00. The van der Waals surface area contributed by atoms with Crippen LogP contribution < -0.4 is 5.32 Å². The van der Waals surface area contributed by atoms with Gasteiger partial charge in [-0.25, -0.2) is 8.42 Å². The number of nitrogens with one attached hydrogen (secondary N) is 1. The average Bonchev–Trinajstić information content (AvgIpc) is 2.26. The lowest BCUT2D eigenvalue weighted by atomic mass is 9.96. The van der Waals surface area contributed by atoms with Gasteiger partial charge in [0.2, 0.25) is 0 Å². The van der Waals surface area contributed by atoms with Gasteiger partial charge < -0.3 is 5.32 Å². The second kappa shape index (κ2) is 8.16. The fourth-order valence-electron chi connectivity index (χ4n) is 2.05. The summed E-state index contributed by atoms with van der Waals surface area (Å²) in [5.41, 5.74) is 0.